The smallest absolute Gasteiger partial charge is 0.260 e. The summed E-state index contributed by atoms with van der Waals surface area (Å²) in [6.45, 7) is 2.50. The number of aryl methyl sites for hydroxylation is 1. The maximum Gasteiger partial charge on any atom is 0.260 e. The average molecular weight is 420 g/mol. The predicted octanol–water partition coefficient (Wildman–Crippen LogP) is 3.09. The highest BCUT2D eigenvalue weighted by Gasteiger charge is 2.32. The van der Waals surface area contributed by atoms with Gasteiger partial charge >= 0.3 is 0 Å². The van der Waals surface area contributed by atoms with Crippen molar-refractivity contribution < 1.29 is 8.42 Å². The second-order valence-electron chi connectivity index (χ2n) is 7.48. The molecular weight excluding hydrogens is 398 g/mol. The maximum atomic E-state index is 13.2. The molecule has 0 radical (unpaired) electrons. The number of pyridine rings is 2. The van der Waals surface area contributed by atoms with Gasteiger partial charge in [0.1, 0.15) is 5.82 Å². The van der Waals surface area contributed by atoms with Crippen molar-refractivity contribution in [3.05, 3.63) is 71.8 Å². The predicted molar refractivity (Wildman–Crippen MR) is 114 cm³/mol. The number of imidazole rings is 1. The zero-order valence-corrected chi connectivity index (χ0v) is 17.6. The Hall–Kier alpha value is -3.10. The number of hydrogen-bond donors (Lipinski definition) is 0. The van der Waals surface area contributed by atoms with Crippen LogP contribution in [0, 0.1) is 6.92 Å². The van der Waals surface area contributed by atoms with Gasteiger partial charge in [-0.15, -0.1) is 0 Å². The van der Waals surface area contributed by atoms with E-state index in [1.54, 1.807) is 24.7 Å². The second-order valence-corrected chi connectivity index (χ2v) is 9.36. The number of benzene rings is 1. The van der Waals surface area contributed by atoms with Gasteiger partial charge in [-0.1, -0.05) is 24.3 Å². The molecule has 30 heavy (non-hydrogen) atoms. The van der Waals surface area contributed by atoms with Crippen molar-refractivity contribution in [1.29, 1.82) is 0 Å². The van der Waals surface area contributed by atoms with E-state index >= 15 is 0 Å². The van der Waals surface area contributed by atoms with E-state index in [0.717, 1.165) is 33.4 Å². The van der Waals surface area contributed by atoms with Gasteiger partial charge in [-0.2, -0.15) is 4.31 Å². The second kappa shape index (κ2) is 7.00. The summed E-state index contributed by atoms with van der Waals surface area (Å²) in [5.41, 5.74) is 4.58. The van der Waals surface area contributed by atoms with Crippen LogP contribution in [0.5, 0.6) is 0 Å². The van der Waals surface area contributed by atoms with Crippen LogP contribution in [0.4, 0.5) is 0 Å². The number of nitrogens with zero attached hydrogens (tertiary/aromatic N) is 5. The molecule has 0 saturated heterocycles. The highest BCUT2D eigenvalue weighted by atomic mass is 32.2. The largest absolute Gasteiger partial charge is 0.321 e. The van der Waals surface area contributed by atoms with Crippen LogP contribution in [0.1, 0.15) is 17.0 Å². The summed E-state index contributed by atoms with van der Waals surface area (Å²) in [7, 11) is -1.90. The summed E-state index contributed by atoms with van der Waals surface area (Å²) in [4.78, 5) is 13.5. The summed E-state index contributed by atoms with van der Waals surface area (Å²) in [6.07, 6.45) is 3.75. The number of hydrogen-bond acceptors (Lipinski definition) is 5. The van der Waals surface area contributed by atoms with E-state index in [4.69, 9.17) is 4.98 Å². The fourth-order valence-electron chi connectivity index (χ4n) is 3.94. The molecule has 0 amide bonds. The van der Waals surface area contributed by atoms with Gasteiger partial charge in [0.15, 0.2) is 5.03 Å². The number of sulfonamides is 1. The zero-order valence-electron chi connectivity index (χ0n) is 16.8. The van der Waals surface area contributed by atoms with Gasteiger partial charge < -0.3 is 4.57 Å². The lowest BCUT2D eigenvalue weighted by Gasteiger charge is -2.29. The maximum absolute atomic E-state index is 13.2. The molecular formula is C22H21N5O2S. The van der Waals surface area contributed by atoms with Crippen molar-refractivity contribution in [2.75, 3.05) is 6.54 Å². The van der Waals surface area contributed by atoms with Crippen molar-refractivity contribution in [2.24, 2.45) is 7.05 Å². The Bertz CT molecular complexity index is 1380. The number of para-hydroxylation sites is 1. The molecule has 4 aromatic rings. The third-order valence-corrected chi connectivity index (χ3v) is 7.63. The van der Waals surface area contributed by atoms with Crippen molar-refractivity contribution in [1.82, 2.24) is 23.8 Å². The summed E-state index contributed by atoms with van der Waals surface area (Å²) in [5.74, 6) is 0.667. The first-order valence-electron chi connectivity index (χ1n) is 9.76. The van der Waals surface area contributed by atoms with E-state index in [1.807, 2.05) is 42.5 Å². The number of aromatic nitrogens is 4. The first-order chi connectivity index (χ1) is 14.4. The SMILES string of the molecule is Cc1ncc(S(=O)(=O)N2CCc3c(ccnc3-c3ccc4ccccc4n3)C2)n1C. The molecule has 0 aliphatic carbocycles. The number of fused-ring (bicyclic) bond motifs is 2. The van der Waals surface area contributed by atoms with E-state index in [2.05, 4.69) is 9.97 Å². The van der Waals surface area contributed by atoms with E-state index in [0.29, 0.717) is 25.3 Å². The van der Waals surface area contributed by atoms with Crippen LogP contribution in [0.25, 0.3) is 22.3 Å². The Balaban J connectivity index is 1.52. The Labute approximate surface area is 175 Å². The zero-order chi connectivity index (χ0) is 20.9. The van der Waals surface area contributed by atoms with E-state index in [-0.39, 0.29) is 5.03 Å². The highest BCUT2D eigenvalue weighted by Crippen LogP contribution is 2.31. The third kappa shape index (κ3) is 3.00. The molecule has 5 rings (SSSR count). The molecule has 0 bridgehead atoms. The third-order valence-electron chi connectivity index (χ3n) is 5.73. The fourth-order valence-corrected chi connectivity index (χ4v) is 5.51. The van der Waals surface area contributed by atoms with Gasteiger partial charge in [0.05, 0.1) is 23.1 Å². The molecule has 8 heteroatoms. The molecule has 1 aliphatic rings. The van der Waals surface area contributed by atoms with Gasteiger partial charge in [0, 0.05) is 31.7 Å². The van der Waals surface area contributed by atoms with Gasteiger partial charge in [-0.05, 0) is 42.7 Å². The van der Waals surface area contributed by atoms with Crippen LogP contribution in [-0.2, 0) is 30.0 Å². The normalized spacial score (nSPS) is 14.7. The Kier molecular flexibility index (Phi) is 4.41. The van der Waals surface area contributed by atoms with Gasteiger partial charge in [0.2, 0.25) is 0 Å². The Morgan fingerprint density at radius 3 is 2.67 bits per heavy atom. The minimum Gasteiger partial charge on any atom is -0.321 e. The molecule has 0 N–H and O–H groups in total. The molecule has 0 saturated carbocycles. The summed E-state index contributed by atoms with van der Waals surface area (Å²) in [5, 5.41) is 1.30. The van der Waals surface area contributed by atoms with E-state index in [1.165, 1.54) is 10.5 Å². The molecule has 152 valence electrons. The molecule has 0 fully saturated rings. The fraction of sp³-hybridized carbons (Fsp3) is 0.227. The van der Waals surface area contributed by atoms with Gasteiger partial charge in [-0.25, -0.2) is 18.4 Å². The van der Waals surface area contributed by atoms with Crippen LogP contribution >= 0.6 is 0 Å². The standard InChI is InChI=1S/C22H21N5O2S/c1-15-24-13-21(26(15)2)30(28,29)27-12-10-18-17(14-27)9-11-23-22(18)20-8-7-16-5-3-4-6-19(16)25-20/h3-9,11,13H,10,12,14H2,1-2H3. The van der Waals surface area contributed by atoms with Crippen LogP contribution in [0.15, 0.2) is 59.9 Å². The van der Waals surface area contributed by atoms with Crippen LogP contribution in [0.2, 0.25) is 0 Å². The van der Waals surface area contributed by atoms with E-state index in [9.17, 15) is 8.42 Å². The molecule has 0 spiro atoms. The quantitative estimate of drug-likeness (QED) is 0.510. The first kappa shape index (κ1) is 18.9. The lowest BCUT2D eigenvalue weighted by atomic mass is 9.98. The van der Waals surface area contributed by atoms with Crippen LogP contribution in [0.3, 0.4) is 0 Å². The minimum absolute atomic E-state index is 0.217. The topological polar surface area (TPSA) is 81.0 Å². The Morgan fingerprint density at radius 2 is 1.87 bits per heavy atom. The molecule has 4 heterocycles. The molecule has 1 aliphatic heterocycles. The lowest BCUT2D eigenvalue weighted by Crippen LogP contribution is -2.37. The summed E-state index contributed by atoms with van der Waals surface area (Å²) in [6, 6.07) is 13.9. The van der Waals surface area contributed by atoms with Crippen LogP contribution < -0.4 is 0 Å². The summed E-state index contributed by atoms with van der Waals surface area (Å²) < 4.78 is 29.5. The molecule has 7 nitrogen and oxygen atoms in total. The molecule has 3 aromatic heterocycles. The average Bonchev–Trinajstić information content (AvgIpc) is 3.11. The van der Waals surface area contributed by atoms with Crippen molar-refractivity contribution in [2.45, 2.75) is 24.9 Å². The van der Waals surface area contributed by atoms with Crippen molar-refractivity contribution in [3.63, 3.8) is 0 Å². The van der Waals surface area contributed by atoms with Crippen molar-refractivity contribution in [3.8, 4) is 11.4 Å². The van der Waals surface area contributed by atoms with Crippen LogP contribution in [-0.4, -0.2) is 38.8 Å². The number of rotatable bonds is 3. The molecule has 1 aromatic carbocycles. The lowest BCUT2D eigenvalue weighted by molar-refractivity contribution is 0.387. The van der Waals surface area contributed by atoms with Gasteiger partial charge in [-0.3, -0.25) is 4.98 Å². The summed E-state index contributed by atoms with van der Waals surface area (Å²) >= 11 is 0. The Morgan fingerprint density at radius 1 is 1.03 bits per heavy atom. The molecule has 0 unspecified atom stereocenters. The molecule has 0 atom stereocenters. The minimum atomic E-state index is -3.62. The highest BCUT2D eigenvalue weighted by molar-refractivity contribution is 7.89. The van der Waals surface area contributed by atoms with Gasteiger partial charge in [0.25, 0.3) is 10.0 Å². The van der Waals surface area contributed by atoms with Crippen molar-refractivity contribution >= 4 is 20.9 Å². The first-order valence-corrected chi connectivity index (χ1v) is 11.2. The van der Waals surface area contributed by atoms with E-state index < -0.39 is 10.0 Å². The monoisotopic (exact) mass is 419 g/mol.